The molecule has 1 aliphatic rings. The molecule has 1 saturated carbocycles. The fourth-order valence-electron chi connectivity index (χ4n) is 1.63. The molecule has 2 rings (SSSR count). The van der Waals surface area contributed by atoms with E-state index >= 15 is 0 Å². The van der Waals surface area contributed by atoms with Gasteiger partial charge in [0.05, 0.1) is 0 Å². The summed E-state index contributed by atoms with van der Waals surface area (Å²) in [5, 5.41) is 0.498. The summed E-state index contributed by atoms with van der Waals surface area (Å²) in [6.07, 6.45) is 2.53. The van der Waals surface area contributed by atoms with Gasteiger partial charge in [-0.1, -0.05) is 23.7 Å². The summed E-state index contributed by atoms with van der Waals surface area (Å²) in [5.74, 6) is 0. The molecule has 0 aliphatic heterocycles. The maximum absolute atomic E-state index is 11.1. The van der Waals surface area contributed by atoms with Crippen LogP contribution in [0.2, 0.25) is 5.02 Å². The molecular formula is C11H10Cl2O. The maximum Gasteiger partial charge on any atom is 0.228 e. The van der Waals surface area contributed by atoms with E-state index in [0.29, 0.717) is 5.02 Å². The SMILES string of the molecule is O=C(Cl)C1(Cc2cccc(Cl)c2)CC1. The quantitative estimate of drug-likeness (QED) is 0.725. The number of hydrogen-bond acceptors (Lipinski definition) is 1. The second-order valence-electron chi connectivity index (χ2n) is 3.86. The van der Waals surface area contributed by atoms with Gasteiger partial charge in [-0.25, -0.2) is 0 Å². The Morgan fingerprint density at radius 3 is 2.64 bits per heavy atom. The van der Waals surface area contributed by atoms with Gasteiger partial charge in [0, 0.05) is 10.4 Å². The predicted molar refractivity (Wildman–Crippen MR) is 57.7 cm³/mol. The van der Waals surface area contributed by atoms with Crippen LogP contribution in [0.1, 0.15) is 18.4 Å². The molecule has 0 heterocycles. The molecule has 0 radical (unpaired) electrons. The number of carbonyl (C=O) groups excluding carboxylic acids is 1. The van der Waals surface area contributed by atoms with Crippen molar-refractivity contribution >= 4 is 28.4 Å². The van der Waals surface area contributed by atoms with E-state index < -0.39 is 0 Å². The van der Waals surface area contributed by atoms with Gasteiger partial charge in [0.15, 0.2) is 0 Å². The van der Waals surface area contributed by atoms with E-state index in [1.165, 1.54) is 0 Å². The minimum atomic E-state index is -0.285. The van der Waals surface area contributed by atoms with Crippen molar-refractivity contribution in [2.45, 2.75) is 19.3 Å². The van der Waals surface area contributed by atoms with Crippen molar-refractivity contribution in [2.75, 3.05) is 0 Å². The van der Waals surface area contributed by atoms with E-state index in [2.05, 4.69) is 0 Å². The van der Waals surface area contributed by atoms with Crippen LogP contribution in [0.15, 0.2) is 24.3 Å². The lowest BCUT2D eigenvalue weighted by Crippen LogP contribution is -2.12. The van der Waals surface area contributed by atoms with Crippen molar-refractivity contribution in [1.82, 2.24) is 0 Å². The number of carbonyl (C=O) groups is 1. The van der Waals surface area contributed by atoms with E-state index in [-0.39, 0.29) is 10.7 Å². The summed E-state index contributed by atoms with van der Waals surface area (Å²) in [5.41, 5.74) is 0.802. The van der Waals surface area contributed by atoms with Gasteiger partial charge >= 0.3 is 0 Å². The molecule has 1 fully saturated rings. The van der Waals surface area contributed by atoms with Gasteiger partial charge in [0.25, 0.3) is 0 Å². The Morgan fingerprint density at radius 1 is 1.43 bits per heavy atom. The predicted octanol–water partition coefficient (Wildman–Crippen LogP) is 3.43. The molecule has 1 nitrogen and oxygen atoms in total. The summed E-state index contributed by atoms with van der Waals surface area (Å²) in [4.78, 5) is 11.1. The fourth-order valence-corrected chi connectivity index (χ4v) is 2.10. The topological polar surface area (TPSA) is 17.1 Å². The molecule has 0 atom stereocenters. The van der Waals surface area contributed by atoms with Crippen LogP contribution >= 0.6 is 23.2 Å². The smallest absolute Gasteiger partial charge is 0.228 e. The van der Waals surface area contributed by atoms with Gasteiger partial charge in [-0.05, 0) is 48.6 Å². The third kappa shape index (κ3) is 1.94. The highest BCUT2D eigenvalue weighted by Gasteiger charge is 2.48. The second-order valence-corrected chi connectivity index (χ2v) is 4.64. The first kappa shape index (κ1) is 10.0. The number of hydrogen-bond donors (Lipinski definition) is 0. The standard InChI is InChI=1S/C11H10Cl2O/c12-9-3-1-2-8(6-9)7-11(4-5-11)10(13)14/h1-3,6H,4-5,7H2. The Bertz CT molecular complexity index is 369. The van der Waals surface area contributed by atoms with E-state index in [0.717, 1.165) is 24.8 Å². The van der Waals surface area contributed by atoms with Crippen LogP contribution in [0.25, 0.3) is 0 Å². The monoisotopic (exact) mass is 228 g/mol. The molecule has 1 aliphatic carbocycles. The molecule has 3 heteroatoms. The molecule has 0 N–H and O–H groups in total. The lowest BCUT2D eigenvalue weighted by atomic mass is 9.98. The van der Waals surface area contributed by atoms with Gasteiger partial charge in [0.1, 0.15) is 0 Å². The zero-order valence-corrected chi connectivity index (χ0v) is 9.11. The highest BCUT2D eigenvalue weighted by atomic mass is 35.5. The van der Waals surface area contributed by atoms with Crippen LogP contribution in [-0.2, 0) is 11.2 Å². The summed E-state index contributed by atoms with van der Waals surface area (Å²) in [7, 11) is 0. The molecule has 1 aromatic rings. The van der Waals surface area contributed by atoms with Gasteiger partial charge in [0.2, 0.25) is 5.24 Å². The Morgan fingerprint density at radius 2 is 2.14 bits per heavy atom. The van der Waals surface area contributed by atoms with Crippen molar-refractivity contribution in [3.63, 3.8) is 0 Å². The van der Waals surface area contributed by atoms with Gasteiger partial charge in [-0.3, -0.25) is 4.79 Å². The first-order valence-electron chi connectivity index (χ1n) is 4.57. The third-order valence-electron chi connectivity index (χ3n) is 2.70. The molecule has 14 heavy (non-hydrogen) atoms. The van der Waals surface area contributed by atoms with Crippen molar-refractivity contribution in [1.29, 1.82) is 0 Å². The van der Waals surface area contributed by atoms with E-state index in [9.17, 15) is 4.79 Å². The first-order chi connectivity index (χ1) is 6.62. The van der Waals surface area contributed by atoms with Gasteiger partial charge < -0.3 is 0 Å². The van der Waals surface area contributed by atoms with Crippen LogP contribution in [0.3, 0.4) is 0 Å². The Kier molecular flexibility index (Phi) is 2.54. The van der Waals surface area contributed by atoms with Crippen LogP contribution in [-0.4, -0.2) is 5.24 Å². The zero-order chi connectivity index (χ0) is 10.2. The van der Waals surface area contributed by atoms with Gasteiger partial charge in [-0.2, -0.15) is 0 Å². The Labute approximate surface area is 93.0 Å². The average Bonchev–Trinajstić information content (AvgIpc) is 2.85. The summed E-state index contributed by atoms with van der Waals surface area (Å²) >= 11 is 11.4. The summed E-state index contributed by atoms with van der Waals surface area (Å²) in [6, 6.07) is 7.59. The Hall–Kier alpha value is -0.530. The molecule has 0 spiro atoms. The minimum absolute atomic E-state index is 0.211. The van der Waals surface area contributed by atoms with Crippen LogP contribution in [0.5, 0.6) is 0 Å². The van der Waals surface area contributed by atoms with Crippen LogP contribution in [0.4, 0.5) is 0 Å². The molecule has 0 bridgehead atoms. The molecule has 0 unspecified atom stereocenters. The molecule has 74 valence electrons. The van der Waals surface area contributed by atoms with E-state index in [1.807, 2.05) is 24.3 Å². The molecule has 0 amide bonds. The lowest BCUT2D eigenvalue weighted by Gasteiger charge is -2.09. The molecule has 1 aromatic carbocycles. The third-order valence-corrected chi connectivity index (χ3v) is 3.34. The summed E-state index contributed by atoms with van der Waals surface area (Å²) < 4.78 is 0. The molecule has 0 saturated heterocycles. The first-order valence-corrected chi connectivity index (χ1v) is 5.32. The largest absolute Gasteiger partial charge is 0.281 e. The second kappa shape index (κ2) is 3.56. The van der Waals surface area contributed by atoms with Gasteiger partial charge in [-0.15, -0.1) is 0 Å². The number of halogens is 2. The minimum Gasteiger partial charge on any atom is -0.281 e. The zero-order valence-electron chi connectivity index (χ0n) is 7.59. The highest BCUT2D eigenvalue weighted by Crippen LogP contribution is 2.50. The van der Waals surface area contributed by atoms with Crippen LogP contribution < -0.4 is 0 Å². The number of benzene rings is 1. The fraction of sp³-hybridized carbons (Fsp3) is 0.364. The normalized spacial score (nSPS) is 17.9. The highest BCUT2D eigenvalue weighted by molar-refractivity contribution is 6.65. The number of rotatable bonds is 3. The van der Waals surface area contributed by atoms with Crippen molar-refractivity contribution in [3.05, 3.63) is 34.9 Å². The molecular weight excluding hydrogens is 219 g/mol. The lowest BCUT2D eigenvalue weighted by molar-refractivity contribution is -0.116. The summed E-state index contributed by atoms with van der Waals surface area (Å²) in [6.45, 7) is 0. The van der Waals surface area contributed by atoms with E-state index in [1.54, 1.807) is 0 Å². The molecule has 0 aromatic heterocycles. The van der Waals surface area contributed by atoms with E-state index in [4.69, 9.17) is 23.2 Å². The average molecular weight is 229 g/mol. The van der Waals surface area contributed by atoms with Crippen molar-refractivity contribution < 1.29 is 4.79 Å². The van der Waals surface area contributed by atoms with Crippen molar-refractivity contribution in [3.8, 4) is 0 Å². The van der Waals surface area contributed by atoms with Crippen molar-refractivity contribution in [2.24, 2.45) is 5.41 Å². The van der Waals surface area contributed by atoms with Crippen LogP contribution in [0, 0.1) is 5.41 Å². The Balaban J connectivity index is 2.15. The maximum atomic E-state index is 11.1.